The first-order valence-electron chi connectivity index (χ1n) is 13.3. The zero-order valence-corrected chi connectivity index (χ0v) is 22.8. The fourth-order valence-electron chi connectivity index (χ4n) is 4.53. The van der Waals surface area contributed by atoms with Gasteiger partial charge in [0.15, 0.2) is 0 Å². The average Bonchev–Trinajstić information content (AvgIpc) is 2.87. The molecule has 0 aliphatic heterocycles. The second-order valence-corrected chi connectivity index (χ2v) is 10.6. The van der Waals surface area contributed by atoms with Gasteiger partial charge in [0.25, 0.3) is 0 Å². The molecule has 0 radical (unpaired) electrons. The molecule has 0 atom stereocenters. The van der Waals surface area contributed by atoms with E-state index in [1.165, 1.54) is 47.2 Å². The van der Waals surface area contributed by atoms with E-state index in [0.29, 0.717) is 5.75 Å². The number of nitrogens with zero attached hydrogens (tertiary/aromatic N) is 1. The quantitative estimate of drug-likeness (QED) is 0.361. The standard InChI is InChI=1S/C22H32N2O.C10H12O/c1-6-24(20-8-7-9-21(16-20)25-5)17-19-12-10-18(11-13-19)14-15-23-22(2,3)4;11-10-6-5-8-3-1-2-4-9(8)7-10/h7-13,16,23H,6,14-15,17H2,1-5H3;5-7,11H,1-4H2. The van der Waals surface area contributed by atoms with E-state index >= 15 is 0 Å². The van der Waals surface area contributed by atoms with E-state index in [0.717, 1.165) is 38.2 Å². The van der Waals surface area contributed by atoms with Crippen molar-refractivity contribution in [2.75, 3.05) is 25.1 Å². The van der Waals surface area contributed by atoms with Gasteiger partial charge in [-0.15, -0.1) is 0 Å². The Morgan fingerprint density at radius 1 is 0.889 bits per heavy atom. The summed E-state index contributed by atoms with van der Waals surface area (Å²) in [5, 5.41) is 12.7. The molecule has 0 bridgehead atoms. The lowest BCUT2D eigenvalue weighted by atomic mass is 9.92. The molecule has 1 aliphatic carbocycles. The highest BCUT2D eigenvalue weighted by atomic mass is 16.5. The maximum absolute atomic E-state index is 9.19. The van der Waals surface area contributed by atoms with Crippen LogP contribution in [0.1, 0.15) is 62.8 Å². The van der Waals surface area contributed by atoms with Gasteiger partial charge in [0.05, 0.1) is 7.11 Å². The molecular formula is C32H44N2O2. The van der Waals surface area contributed by atoms with Gasteiger partial charge in [0.2, 0.25) is 0 Å². The summed E-state index contributed by atoms with van der Waals surface area (Å²) in [6, 6.07) is 23.0. The minimum Gasteiger partial charge on any atom is -0.508 e. The molecule has 0 spiro atoms. The van der Waals surface area contributed by atoms with Crippen molar-refractivity contribution in [3.63, 3.8) is 0 Å². The minimum absolute atomic E-state index is 0.179. The number of rotatable bonds is 8. The molecule has 4 heteroatoms. The first kappa shape index (κ1) is 27.6. The molecule has 3 aromatic rings. The number of phenols is 1. The number of aromatic hydroxyl groups is 1. The highest BCUT2D eigenvalue weighted by Crippen LogP contribution is 2.24. The molecule has 2 N–H and O–H groups in total. The van der Waals surface area contributed by atoms with Gasteiger partial charge in [-0.25, -0.2) is 0 Å². The van der Waals surface area contributed by atoms with Crippen molar-refractivity contribution in [2.45, 2.75) is 71.9 Å². The van der Waals surface area contributed by atoms with E-state index in [4.69, 9.17) is 4.74 Å². The average molecular weight is 489 g/mol. The van der Waals surface area contributed by atoms with Gasteiger partial charge in [0.1, 0.15) is 11.5 Å². The zero-order valence-electron chi connectivity index (χ0n) is 22.8. The van der Waals surface area contributed by atoms with Crippen LogP contribution in [0.25, 0.3) is 0 Å². The van der Waals surface area contributed by atoms with Crippen LogP contribution < -0.4 is 15.0 Å². The highest BCUT2D eigenvalue weighted by molar-refractivity contribution is 5.51. The summed E-state index contributed by atoms with van der Waals surface area (Å²) < 4.78 is 5.34. The van der Waals surface area contributed by atoms with Crippen molar-refractivity contribution < 1.29 is 9.84 Å². The number of hydrogen-bond donors (Lipinski definition) is 2. The number of anilines is 1. The fourth-order valence-corrected chi connectivity index (χ4v) is 4.53. The van der Waals surface area contributed by atoms with Crippen LogP contribution in [0.5, 0.6) is 11.5 Å². The monoisotopic (exact) mass is 488 g/mol. The molecule has 0 saturated heterocycles. The number of methoxy groups -OCH3 is 1. The largest absolute Gasteiger partial charge is 0.508 e. The molecule has 4 nitrogen and oxygen atoms in total. The van der Waals surface area contributed by atoms with Crippen LogP contribution in [0, 0.1) is 0 Å². The SMILES string of the molecule is CCN(Cc1ccc(CCNC(C)(C)C)cc1)c1cccc(OC)c1.Oc1ccc2c(c1)CCCC2. The molecule has 3 aromatic carbocycles. The Labute approximate surface area is 218 Å². The Kier molecular flexibility index (Phi) is 10.2. The first-order chi connectivity index (χ1) is 17.3. The Hall–Kier alpha value is -2.98. The third-order valence-corrected chi connectivity index (χ3v) is 6.60. The normalized spacial score (nSPS) is 12.8. The molecule has 1 aliphatic rings. The Morgan fingerprint density at radius 3 is 2.25 bits per heavy atom. The maximum atomic E-state index is 9.19. The van der Waals surface area contributed by atoms with Crippen molar-refractivity contribution in [3.8, 4) is 11.5 Å². The summed E-state index contributed by atoms with van der Waals surface area (Å²) in [6.07, 6.45) is 5.97. The molecule has 4 rings (SSSR count). The lowest BCUT2D eigenvalue weighted by Gasteiger charge is -2.24. The zero-order chi connectivity index (χ0) is 26.0. The van der Waals surface area contributed by atoms with Crippen molar-refractivity contribution in [1.82, 2.24) is 5.32 Å². The summed E-state index contributed by atoms with van der Waals surface area (Å²) in [5.74, 6) is 1.31. The second-order valence-electron chi connectivity index (χ2n) is 10.6. The third kappa shape index (κ3) is 8.91. The maximum Gasteiger partial charge on any atom is 0.120 e. The van der Waals surface area contributed by atoms with E-state index in [-0.39, 0.29) is 5.54 Å². The second kappa shape index (κ2) is 13.4. The fraction of sp³-hybridized carbons (Fsp3) is 0.438. The molecular weight excluding hydrogens is 444 g/mol. The lowest BCUT2D eigenvalue weighted by Crippen LogP contribution is -2.37. The van der Waals surface area contributed by atoms with Gasteiger partial charge in [0, 0.05) is 30.4 Å². The smallest absolute Gasteiger partial charge is 0.120 e. The lowest BCUT2D eigenvalue weighted by molar-refractivity contribution is 0.415. The van der Waals surface area contributed by atoms with E-state index in [1.807, 2.05) is 24.3 Å². The van der Waals surface area contributed by atoms with Crippen LogP contribution in [-0.4, -0.2) is 30.8 Å². The highest BCUT2D eigenvalue weighted by Gasteiger charge is 2.10. The summed E-state index contributed by atoms with van der Waals surface area (Å²) in [6.45, 7) is 11.7. The molecule has 0 amide bonds. The summed E-state index contributed by atoms with van der Waals surface area (Å²) in [5.41, 5.74) is 6.85. The number of benzene rings is 3. The number of phenolic OH excluding ortho intramolecular Hbond substituents is 1. The molecule has 194 valence electrons. The Balaban J connectivity index is 0.000000270. The topological polar surface area (TPSA) is 44.7 Å². The van der Waals surface area contributed by atoms with Crippen molar-refractivity contribution in [2.24, 2.45) is 0 Å². The third-order valence-electron chi connectivity index (χ3n) is 6.60. The van der Waals surface area contributed by atoms with Crippen LogP contribution in [-0.2, 0) is 25.8 Å². The van der Waals surface area contributed by atoms with Crippen LogP contribution in [0.4, 0.5) is 5.69 Å². The molecule has 0 fully saturated rings. The summed E-state index contributed by atoms with van der Waals surface area (Å²) in [7, 11) is 1.71. The van der Waals surface area contributed by atoms with Crippen LogP contribution in [0.3, 0.4) is 0 Å². The van der Waals surface area contributed by atoms with Gasteiger partial charge in [-0.1, -0.05) is 36.4 Å². The van der Waals surface area contributed by atoms with E-state index in [1.54, 1.807) is 13.2 Å². The van der Waals surface area contributed by atoms with Gasteiger partial charge in [-0.05, 0) is 113 Å². The molecule has 0 saturated carbocycles. The molecule has 36 heavy (non-hydrogen) atoms. The van der Waals surface area contributed by atoms with Crippen LogP contribution >= 0.6 is 0 Å². The van der Waals surface area contributed by atoms with E-state index in [2.05, 4.69) is 74.3 Å². The summed E-state index contributed by atoms with van der Waals surface area (Å²) in [4.78, 5) is 2.36. The predicted molar refractivity (Wildman–Crippen MR) is 152 cm³/mol. The Morgan fingerprint density at radius 2 is 1.58 bits per heavy atom. The van der Waals surface area contributed by atoms with E-state index < -0.39 is 0 Å². The molecule has 0 heterocycles. The number of aryl methyl sites for hydroxylation is 2. The van der Waals surface area contributed by atoms with Gasteiger partial charge in [-0.2, -0.15) is 0 Å². The minimum atomic E-state index is 0.179. The number of nitrogens with one attached hydrogen (secondary N) is 1. The van der Waals surface area contributed by atoms with Crippen molar-refractivity contribution in [1.29, 1.82) is 0 Å². The van der Waals surface area contributed by atoms with Gasteiger partial charge >= 0.3 is 0 Å². The predicted octanol–water partition coefficient (Wildman–Crippen LogP) is 6.92. The van der Waals surface area contributed by atoms with Crippen LogP contribution in [0.15, 0.2) is 66.7 Å². The van der Waals surface area contributed by atoms with E-state index in [9.17, 15) is 5.11 Å². The number of ether oxygens (including phenoxy) is 1. The van der Waals surface area contributed by atoms with Gasteiger partial charge < -0.3 is 20.1 Å². The van der Waals surface area contributed by atoms with Gasteiger partial charge in [-0.3, -0.25) is 0 Å². The first-order valence-corrected chi connectivity index (χ1v) is 13.3. The summed E-state index contributed by atoms with van der Waals surface area (Å²) >= 11 is 0. The van der Waals surface area contributed by atoms with Crippen LogP contribution in [0.2, 0.25) is 0 Å². The Bertz CT molecular complexity index is 1070. The number of hydrogen-bond acceptors (Lipinski definition) is 4. The number of fused-ring (bicyclic) bond motifs is 1. The van der Waals surface area contributed by atoms with Crippen molar-refractivity contribution >= 4 is 5.69 Å². The van der Waals surface area contributed by atoms with Crippen molar-refractivity contribution in [3.05, 3.63) is 89.0 Å². The molecule has 0 unspecified atom stereocenters. The molecule has 0 aromatic heterocycles.